The molecule has 0 aliphatic heterocycles. The van der Waals surface area contributed by atoms with Gasteiger partial charge >= 0.3 is 5.97 Å². The number of ether oxygens (including phenoxy) is 1. The summed E-state index contributed by atoms with van der Waals surface area (Å²) >= 11 is 12.0. The molecule has 0 N–H and O–H groups in total. The Hall–Kier alpha value is -1.40. The number of aromatic nitrogens is 4. The Bertz CT molecular complexity index is 767. The van der Waals surface area contributed by atoms with E-state index in [4.69, 9.17) is 23.2 Å². The van der Waals surface area contributed by atoms with Gasteiger partial charge in [0, 0.05) is 13.0 Å². The van der Waals surface area contributed by atoms with Crippen LogP contribution in [0.3, 0.4) is 0 Å². The van der Waals surface area contributed by atoms with Crippen LogP contribution in [0.15, 0.2) is 6.33 Å². The summed E-state index contributed by atoms with van der Waals surface area (Å²) in [5.41, 5.74) is 1.32. The van der Waals surface area contributed by atoms with Crippen LogP contribution < -0.4 is 0 Å². The van der Waals surface area contributed by atoms with Crippen LogP contribution in [0.2, 0.25) is 10.4 Å². The van der Waals surface area contributed by atoms with E-state index in [9.17, 15) is 4.79 Å². The number of aryl methyl sites for hydroxylation is 1. The lowest BCUT2D eigenvalue weighted by atomic mass is 10.0. The fraction of sp³-hybridized carbons (Fsp3) is 0.727. The van der Waals surface area contributed by atoms with Gasteiger partial charge in [-0.1, -0.05) is 82.2 Å². The van der Waals surface area contributed by atoms with Crippen LogP contribution in [0.1, 0.15) is 89.9 Å². The molecule has 0 aromatic carbocycles. The highest BCUT2D eigenvalue weighted by molar-refractivity contribution is 6.35. The highest BCUT2D eigenvalue weighted by atomic mass is 35.5. The molecule has 2 rings (SSSR count). The zero-order valence-corrected chi connectivity index (χ0v) is 19.6. The molecule has 168 valence electrons. The minimum absolute atomic E-state index is 0.0883. The van der Waals surface area contributed by atoms with Crippen LogP contribution in [0.5, 0.6) is 0 Å². The summed E-state index contributed by atoms with van der Waals surface area (Å²) in [4.78, 5) is 23.4. The predicted octanol–water partition coefficient (Wildman–Crippen LogP) is 6.77. The van der Waals surface area contributed by atoms with Crippen LogP contribution in [-0.4, -0.2) is 32.6 Å². The lowest BCUT2D eigenvalue weighted by Crippen LogP contribution is -1.99. The van der Waals surface area contributed by atoms with Gasteiger partial charge in [-0.3, -0.25) is 4.79 Å². The number of rotatable bonds is 16. The van der Waals surface area contributed by atoms with E-state index in [-0.39, 0.29) is 11.3 Å². The molecule has 0 atom stereocenters. The first-order chi connectivity index (χ1) is 14.6. The van der Waals surface area contributed by atoms with Gasteiger partial charge < -0.3 is 9.30 Å². The highest BCUT2D eigenvalue weighted by Crippen LogP contribution is 2.22. The Morgan fingerprint density at radius 2 is 1.40 bits per heavy atom. The summed E-state index contributed by atoms with van der Waals surface area (Å²) in [7, 11) is 1.45. The number of nitrogens with zero attached hydrogens (tertiary/aromatic N) is 4. The molecule has 2 aromatic rings. The maximum Gasteiger partial charge on any atom is 0.305 e. The van der Waals surface area contributed by atoms with E-state index in [0.717, 1.165) is 31.3 Å². The molecule has 6 nitrogen and oxygen atoms in total. The van der Waals surface area contributed by atoms with Crippen LogP contribution in [0.25, 0.3) is 11.2 Å². The number of unbranched alkanes of at least 4 members (excludes halogenated alkanes) is 12. The van der Waals surface area contributed by atoms with E-state index in [1.807, 2.05) is 4.57 Å². The highest BCUT2D eigenvalue weighted by Gasteiger charge is 2.10. The summed E-state index contributed by atoms with van der Waals surface area (Å²) < 4.78 is 6.67. The lowest BCUT2D eigenvalue weighted by molar-refractivity contribution is -0.140. The van der Waals surface area contributed by atoms with Gasteiger partial charge in [0.2, 0.25) is 5.28 Å². The van der Waals surface area contributed by atoms with Crippen molar-refractivity contribution in [2.45, 2.75) is 96.4 Å². The number of fused-ring (bicyclic) bond motifs is 1. The Labute approximate surface area is 189 Å². The molecule has 0 fully saturated rings. The van der Waals surface area contributed by atoms with Crippen molar-refractivity contribution in [2.24, 2.45) is 0 Å². The molecule has 0 aliphatic carbocycles. The molecule has 0 unspecified atom stereocenters. The smallest absolute Gasteiger partial charge is 0.305 e. The van der Waals surface area contributed by atoms with Crippen LogP contribution >= 0.6 is 23.2 Å². The van der Waals surface area contributed by atoms with Crippen LogP contribution in [0, 0.1) is 0 Å². The zero-order valence-electron chi connectivity index (χ0n) is 18.0. The van der Waals surface area contributed by atoms with Crippen LogP contribution in [-0.2, 0) is 16.1 Å². The first-order valence-corrected chi connectivity index (χ1v) is 12.0. The second-order valence-corrected chi connectivity index (χ2v) is 8.51. The molecule has 0 amide bonds. The second kappa shape index (κ2) is 14.6. The molecule has 0 saturated heterocycles. The summed E-state index contributed by atoms with van der Waals surface area (Å²) in [6.45, 7) is 0.876. The van der Waals surface area contributed by atoms with E-state index >= 15 is 0 Å². The summed E-state index contributed by atoms with van der Waals surface area (Å²) in [5.74, 6) is -0.0883. The number of methoxy groups -OCH3 is 1. The van der Waals surface area contributed by atoms with Gasteiger partial charge in [-0.2, -0.15) is 4.98 Å². The summed E-state index contributed by atoms with van der Waals surface area (Å²) in [6.07, 6.45) is 18.4. The number of halogens is 2. The molecule has 2 heterocycles. The van der Waals surface area contributed by atoms with Crippen molar-refractivity contribution in [3.05, 3.63) is 16.8 Å². The monoisotopic (exact) mass is 456 g/mol. The molecule has 2 aromatic heterocycles. The van der Waals surface area contributed by atoms with Gasteiger partial charge in [0.25, 0.3) is 0 Å². The quantitative estimate of drug-likeness (QED) is 0.120. The molecule has 0 radical (unpaired) electrons. The maximum absolute atomic E-state index is 11.0. The minimum Gasteiger partial charge on any atom is -0.469 e. The van der Waals surface area contributed by atoms with Crippen molar-refractivity contribution < 1.29 is 9.53 Å². The Kier molecular flexibility index (Phi) is 12.1. The molecular weight excluding hydrogens is 423 g/mol. The fourth-order valence-corrected chi connectivity index (χ4v) is 4.16. The molecule has 0 bridgehead atoms. The molecule has 0 spiro atoms. The summed E-state index contributed by atoms with van der Waals surface area (Å²) in [6, 6.07) is 0. The first-order valence-electron chi connectivity index (χ1n) is 11.2. The van der Waals surface area contributed by atoms with E-state index in [1.165, 1.54) is 71.3 Å². The van der Waals surface area contributed by atoms with Gasteiger partial charge in [-0.05, 0) is 24.4 Å². The molecular formula is C22H34Cl2N4O2. The molecule has 0 saturated carbocycles. The average Bonchev–Trinajstić information content (AvgIpc) is 3.13. The van der Waals surface area contributed by atoms with Crippen molar-refractivity contribution in [2.75, 3.05) is 7.11 Å². The topological polar surface area (TPSA) is 69.9 Å². The van der Waals surface area contributed by atoms with Crippen molar-refractivity contribution in [1.82, 2.24) is 19.5 Å². The number of carbonyl (C=O) groups is 1. The van der Waals surface area contributed by atoms with Crippen molar-refractivity contribution in [3.63, 3.8) is 0 Å². The van der Waals surface area contributed by atoms with Crippen molar-refractivity contribution in [1.29, 1.82) is 0 Å². The van der Waals surface area contributed by atoms with Crippen LogP contribution in [0.4, 0.5) is 0 Å². The van der Waals surface area contributed by atoms with E-state index in [0.29, 0.717) is 17.2 Å². The predicted molar refractivity (Wildman–Crippen MR) is 122 cm³/mol. The number of imidazole rings is 1. The molecule has 30 heavy (non-hydrogen) atoms. The molecule has 8 heteroatoms. The third-order valence-electron chi connectivity index (χ3n) is 5.41. The Morgan fingerprint density at radius 1 is 0.867 bits per heavy atom. The number of hydrogen-bond acceptors (Lipinski definition) is 5. The minimum atomic E-state index is -0.0883. The normalized spacial score (nSPS) is 11.3. The second-order valence-electron chi connectivity index (χ2n) is 7.82. The van der Waals surface area contributed by atoms with Gasteiger partial charge in [-0.25, -0.2) is 9.97 Å². The van der Waals surface area contributed by atoms with Gasteiger partial charge in [0.15, 0.2) is 10.8 Å². The van der Waals surface area contributed by atoms with Crippen molar-refractivity contribution >= 4 is 40.3 Å². The first kappa shape index (κ1) is 24.9. The lowest BCUT2D eigenvalue weighted by Gasteiger charge is -2.06. The Balaban J connectivity index is 1.40. The summed E-state index contributed by atoms with van der Waals surface area (Å²) in [5, 5.41) is 0.497. The fourth-order valence-electron chi connectivity index (χ4n) is 3.68. The SMILES string of the molecule is COC(=O)CCCCCCCCCCCCCCCn1cnc2nc(Cl)nc(Cl)c21. The largest absolute Gasteiger partial charge is 0.469 e. The van der Waals surface area contributed by atoms with Gasteiger partial charge in [-0.15, -0.1) is 0 Å². The van der Waals surface area contributed by atoms with E-state index in [1.54, 1.807) is 6.33 Å². The number of hydrogen-bond donors (Lipinski definition) is 0. The standard InChI is InChI=1S/C22H34Cl2N4O2/c1-30-18(29)15-13-11-9-7-5-3-2-4-6-8-10-12-14-16-28-17-25-21-19(28)20(23)26-22(24)27-21/h17H,2-16H2,1H3. The van der Waals surface area contributed by atoms with Gasteiger partial charge in [0.05, 0.1) is 13.4 Å². The third-order valence-corrected chi connectivity index (χ3v) is 5.84. The molecule has 0 aliphatic rings. The number of esters is 1. The zero-order chi connectivity index (χ0) is 21.6. The van der Waals surface area contributed by atoms with E-state index < -0.39 is 0 Å². The average molecular weight is 457 g/mol. The van der Waals surface area contributed by atoms with Gasteiger partial charge in [0.1, 0.15) is 5.52 Å². The number of carbonyl (C=O) groups excluding carboxylic acids is 1. The van der Waals surface area contributed by atoms with Crippen molar-refractivity contribution in [3.8, 4) is 0 Å². The maximum atomic E-state index is 11.0. The Morgan fingerprint density at radius 3 is 1.97 bits per heavy atom. The van der Waals surface area contributed by atoms with E-state index in [2.05, 4.69) is 19.7 Å². The third kappa shape index (κ3) is 9.17.